The van der Waals surface area contributed by atoms with E-state index in [9.17, 15) is 9.59 Å². The van der Waals surface area contributed by atoms with Crippen LogP contribution in [0.1, 0.15) is 29.6 Å². The van der Waals surface area contributed by atoms with Crippen molar-refractivity contribution in [2.24, 2.45) is 5.41 Å². The van der Waals surface area contributed by atoms with Crippen molar-refractivity contribution in [2.75, 3.05) is 26.7 Å². The molecule has 1 atom stereocenters. The van der Waals surface area contributed by atoms with Crippen molar-refractivity contribution >= 4 is 23.5 Å². The number of likely N-dealkylation sites (tertiary alicyclic amines) is 1. The number of ether oxygens (including phenoxy) is 1. The summed E-state index contributed by atoms with van der Waals surface area (Å²) in [5, 5.41) is 12.6. The highest BCUT2D eigenvalue weighted by Gasteiger charge is 2.44. The number of benzene rings is 1. The molecule has 0 radical (unpaired) electrons. The third kappa shape index (κ3) is 3.21. The Morgan fingerprint density at radius 3 is 2.62 bits per heavy atom. The van der Waals surface area contributed by atoms with Crippen molar-refractivity contribution in [3.8, 4) is 5.75 Å². The van der Waals surface area contributed by atoms with Gasteiger partial charge in [-0.05, 0) is 42.9 Å². The summed E-state index contributed by atoms with van der Waals surface area (Å²) in [7, 11) is 1.53. The number of nitrogens with zero attached hydrogens (tertiary/aromatic N) is 1. The summed E-state index contributed by atoms with van der Waals surface area (Å²) in [6.45, 7) is 1.98. The van der Waals surface area contributed by atoms with Crippen LogP contribution >= 0.6 is 11.6 Å². The summed E-state index contributed by atoms with van der Waals surface area (Å²) in [5.41, 5.74) is 0.543. The van der Waals surface area contributed by atoms with Crippen molar-refractivity contribution in [1.82, 2.24) is 10.2 Å². The molecule has 2 saturated heterocycles. The van der Waals surface area contributed by atoms with Gasteiger partial charge in [-0.2, -0.15) is 0 Å². The number of halogens is 1. The van der Waals surface area contributed by atoms with Crippen molar-refractivity contribution in [3.05, 3.63) is 28.8 Å². The molecule has 1 aromatic rings. The molecule has 2 heterocycles. The third-order valence-electron chi connectivity index (χ3n) is 5.17. The zero-order valence-corrected chi connectivity index (χ0v) is 14.3. The molecule has 2 fully saturated rings. The number of hydrogen-bond donors (Lipinski definition) is 2. The largest absolute Gasteiger partial charge is 0.495 e. The summed E-state index contributed by atoms with van der Waals surface area (Å²) >= 11 is 6.10. The molecule has 0 unspecified atom stereocenters. The monoisotopic (exact) mass is 352 g/mol. The lowest BCUT2D eigenvalue weighted by atomic mass is 9.76. The van der Waals surface area contributed by atoms with E-state index in [2.05, 4.69) is 5.32 Å². The van der Waals surface area contributed by atoms with Gasteiger partial charge in [-0.25, -0.2) is 0 Å². The Kier molecular flexibility index (Phi) is 4.69. The average molecular weight is 353 g/mol. The van der Waals surface area contributed by atoms with Gasteiger partial charge in [-0.15, -0.1) is 0 Å². The maximum Gasteiger partial charge on any atom is 0.320 e. The smallest absolute Gasteiger partial charge is 0.320 e. The molecule has 0 aliphatic carbocycles. The predicted octanol–water partition coefficient (Wildman–Crippen LogP) is 2.02. The molecule has 1 aromatic carbocycles. The quantitative estimate of drug-likeness (QED) is 0.870. The van der Waals surface area contributed by atoms with E-state index < -0.39 is 12.0 Å². The fourth-order valence-corrected chi connectivity index (χ4v) is 3.90. The first kappa shape index (κ1) is 17.0. The molecule has 0 aromatic heterocycles. The van der Waals surface area contributed by atoms with Crippen LogP contribution in [0.15, 0.2) is 18.2 Å². The van der Waals surface area contributed by atoms with Crippen LogP contribution in [0.5, 0.6) is 5.75 Å². The zero-order valence-electron chi connectivity index (χ0n) is 13.5. The number of amides is 1. The van der Waals surface area contributed by atoms with E-state index in [4.69, 9.17) is 21.4 Å². The van der Waals surface area contributed by atoms with Gasteiger partial charge < -0.3 is 20.1 Å². The molecule has 6 nitrogen and oxygen atoms in total. The number of carboxylic acid groups (broad SMARTS) is 1. The molecule has 24 heavy (non-hydrogen) atoms. The van der Waals surface area contributed by atoms with Crippen LogP contribution in [0.2, 0.25) is 5.02 Å². The molecule has 7 heteroatoms. The molecule has 2 N–H and O–H groups in total. The summed E-state index contributed by atoms with van der Waals surface area (Å²) in [6, 6.07) is 4.58. The third-order valence-corrected chi connectivity index (χ3v) is 5.46. The summed E-state index contributed by atoms with van der Waals surface area (Å²) in [5.74, 6) is -0.295. The fraction of sp³-hybridized carbons (Fsp3) is 0.529. The summed E-state index contributed by atoms with van der Waals surface area (Å²) in [6.07, 6.45) is 2.28. The minimum absolute atomic E-state index is 0.00259. The molecule has 2 aliphatic heterocycles. The van der Waals surface area contributed by atoms with Gasteiger partial charge in [0.05, 0.1) is 12.1 Å². The second-order valence-electron chi connectivity index (χ2n) is 6.62. The van der Waals surface area contributed by atoms with Crippen molar-refractivity contribution in [3.63, 3.8) is 0 Å². The van der Waals surface area contributed by atoms with Gasteiger partial charge in [0, 0.05) is 25.2 Å². The van der Waals surface area contributed by atoms with Crippen LogP contribution < -0.4 is 10.1 Å². The number of carboxylic acids is 1. The number of nitrogens with one attached hydrogen (secondary N) is 1. The van der Waals surface area contributed by atoms with E-state index in [0.29, 0.717) is 42.4 Å². The summed E-state index contributed by atoms with van der Waals surface area (Å²) in [4.78, 5) is 25.6. The number of hydrogen-bond acceptors (Lipinski definition) is 4. The molecule has 2 aliphatic rings. The van der Waals surface area contributed by atoms with Gasteiger partial charge >= 0.3 is 5.97 Å². The Morgan fingerprint density at radius 2 is 2.08 bits per heavy atom. The van der Waals surface area contributed by atoms with Crippen molar-refractivity contribution in [2.45, 2.75) is 25.3 Å². The Bertz CT molecular complexity index is 656. The van der Waals surface area contributed by atoms with E-state index in [-0.39, 0.29) is 11.3 Å². The van der Waals surface area contributed by atoms with Gasteiger partial charge in [0.2, 0.25) is 0 Å². The number of piperidine rings is 1. The average Bonchev–Trinajstić information content (AvgIpc) is 2.99. The Hall–Kier alpha value is -1.79. The minimum atomic E-state index is -0.793. The molecule has 3 rings (SSSR count). The van der Waals surface area contributed by atoms with Crippen LogP contribution in [0.4, 0.5) is 0 Å². The highest BCUT2D eigenvalue weighted by atomic mass is 35.5. The van der Waals surface area contributed by atoms with Crippen molar-refractivity contribution < 1.29 is 19.4 Å². The van der Waals surface area contributed by atoms with Gasteiger partial charge in [0.1, 0.15) is 11.8 Å². The van der Waals surface area contributed by atoms with Crippen molar-refractivity contribution in [1.29, 1.82) is 0 Å². The minimum Gasteiger partial charge on any atom is -0.495 e. The second-order valence-corrected chi connectivity index (χ2v) is 7.02. The lowest BCUT2D eigenvalue weighted by Gasteiger charge is -2.39. The van der Waals surface area contributed by atoms with Crippen LogP contribution in [-0.2, 0) is 4.79 Å². The van der Waals surface area contributed by atoms with Gasteiger partial charge in [-0.1, -0.05) is 11.6 Å². The van der Waals surface area contributed by atoms with E-state index in [1.807, 2.05) is 4.90 Å². The van der Waals surface area contributed by atoms with E-state index in [0.717, 1.165) is 12.8 Å². The van der Waals surface area contributed by atoms with Crippen LogP contribution in [0, 0.1) is 5.41 Å². The molecule has 0 saturated carbocycles. The molecule has 1 amide bonds. The second kappa shape index (κ2) is 6.61. The molecule has 0 bridgehead atoms. The highest BCUT2D eigenvalue weighted by molar-refractivity contribution is 6.32. The molecule has 130 valence electrons. The topological polar surface area (TPSA) is 78.9 Å². The van der Waals surface area contributed by atoms with E-state index >= 15 is 0 Å². The predicted molar refractivity (Wildman–Crippen MR) is 89.6 cm³/mol. The molecular formula is C17H21ClN2O4. The SMILES string of the molecule is COc1ccc(C(=O)N2CCC3(CC2)CN[C@@H](C(=O)O)C3)cc1Cl. The van der Waals surface area contributed by atoms with E-state index in [1.165, 1.54) is 7.11 Å². The lowest BCUT2D eigenvalue weighted by molar-refractivity contribution is -0.139. The number of carbonyl (C=O) groups is 2. The fourth-order valence-electron chi connectivity index (χ4n) is 3.64. The number of methoxy groups -OCH3 is 1. The number of carbonyl (C=O) groups excluding carboxylic acids is 1. The maximum atomic E-state index is 12.6. The zero-order chi connectivity index (χ0) is 17.3. The number of aliphatic carboxylic acids is 1. The molecular weight excluding hydrogens is 332 g/mol. The Labute approximate surface area is 145 Å². The van der Waals surface area contributed by atoms with Crippen LogP contribution in [0.25, 0.3) is 0 Å². The van der Waals surface area contributed by atoms with Gasteiger partial charge in [-0.3, -0.25) is 9.59 Å². The van der Waals surface area contributed by atoms with E-state index in [1.54, 1.807) is 18.2 Å². The van der Waals surface area contributed by atoms with Crippen LogP contribution in [0.3, 0.4) is 0 Å². The normalized spacial score (nSPS) is 22.6. The summed E-state index contributed by atoms with van der Waals surface area (Å²) < 4.78 is 5.11. The highest BCUT2D eigenvalue weighted by Crippen LogP contribution is 2.39. The lowest BCUT2D eigenvalue weighted by Crippen LogP contribution is -2.44. The van der Waals surface area contributed by atoms with Gasteiger partial charge in [0.25, 0.3) is 5.91 Å². The first-order valence-corrected chi connectivity index (χ1v) is 8.41. The van der Waals surface area contributed by atoms with Crippen LogP contribution in [-0.4, -0.2) is 54.7 Å². The van der Waals surface area contributed by atoms with Gasteiger partial charge in [0.15, 0.2) is 0 Å². The first-order chi connectivity index (χ1) is 11.4. The Morgan fingerprint density at radius 1 is 1.38 bits per heavy atom. The number of rotatable bonds is 3. The standard InChI is InChI=1S/C17H21ClN2O4/c1-24-14-3-2-11(8-12(14)18)15(21)20-6-4-17(5-7-20)9-13(16(22)23)19-10-17/h2-3,8,13,19H,4-7,9-10H2,1H3,(H,22,23)/t13-/m1/s1. The first-order valence-electron chi connectivity index (χ1n) is 8.03. The maximum absolute atomic E-state index is 12.6. The Balaban J connectivity index is 1.63. The molecule has 1 spiro atoms.